The summed E-state index contributed by atoms with van der Waals surface area (Å²) in [5, 5.41) is 0. The summed E-state index contributed by atoms with van der Waals surface area (Å²) in [5.74, 6) is -0.332. The molecule has 2 unspecified atom stereocenters. The molecule has 2 aromatic rings. The highest BCUT2D eigenvalue weighted by Gasteiger charge is 2.31. The predicted octanol–water partition coefficient (Wildman–Crippen LogP) is 3.79. The summed E-state index contributed by atoms with van der Waals surface area (Å²) in [7, 11) is 0. The third-order valence-electron chi connectivity index (χ3n) is 3.75. The fourth-order valence-corrected chi connectivity index (χ4v) is 3.19. The van der Waals surface area contributed by atoms with Crippen LogP contribution in [0.15, 0.2) is 48.8 Å². The molecule has 6 heteroatoms. The van der Waals surface area contributed by atoms with Gasteiger partial charge in [0.2, 0.25) is 0 Å². The van der Waals surface area contributed by atoms with Crippen LogP contribution in [-0.4, -0.2) is 26.9 Å². The maximum atomic E-state index is 12.6. The molecule has 1 heterocycles. The zero-order chi connectivity index (χ0) is 19.2. The highest BCUT2D eigenvalue weighted by molar-refractivity contribution is 7.90. The van der Waals surface area contributed by atoms with Gasteiger partial charge in [-0.15, -0.1) is 4.72 Å². The van der Waals surface area contributed by atoms with Crippen LogP contribution in [0.2, 0.25) is 0 Å². The van der Waals surface area contributed by atoms with E-state index >= 15 is 0 Å². The normalized spacial score (nSPS) is 13.9. The van der Waals surface area contributed by atoms with Gasteiger partial charge in [0.05, 0.1) is 19.1 Å². The standard InChI is InChI=1S/C20H26N2O3S/c1-5-25-19(23)12-18(22-26(24)20(2,3)4)17-11-16(13-21-14-17)15-9-7-6-8-10-15/h6-11,13-14,18,22H,5,12H2,1-4H3. The molecule has 26 heavy (non-hydrogen) atoms. The van der Waals surface area contributed by atoms with Crippen molar-refractivity contribution in [2.24, 2.45) is 0 Å². The molecule has 140 valence electrons. The molecule has 2 rings (SSSR count). The molecule has 0 aliphatic carbocycles. The molecule has 1 N–H and O–H groups in total. The van der Waals surface area contributed by atoms with Gasteiger partial charge in [-0.3, -0.25) is 9.78 Å². The molecule has 5 nitrogen and oxygen atoms in total. The number of rotatable bonds is 7. The smallest absolute Gasteiger partial charge is 0.307 e. The van der Waals surface area contributed by atoms with Crippen LogP contribution in [0.4, 0.5) is 0 Å². The third-order valence-corrected chi connectivity index (χ3v) is 5.36. The first kappa shape index (κ1) is 20.4. The largest absolute Gasteiger partial charge is 0.598 e. The number of aromatic nitrogens is 1. The Morgan fingerprint density at radius 3 is 2.54 bits per heavy atom. The Balaban J connectivity index is 2.30. The fourth-order valence-electron chi connectivity index (χ4n) is 2.36. The van der Waals surface area contributed by atoms with Gasteiger partial charge in [0.1, 0.15) is 4.75 Å². The first-order valence-electron chi connectivity index (χ1n) is 8.65. The van der Waals surface area contributed by atoms with E-state index in [4.69, 9.17) is 4.74 Å². The van der Waals surface area contributed by atoms with Gasteiger partial charge in [-0.25, -0.2) is 0 Å². The molecular formula is C20H26N2O3S. The number of carbonyl (C=O) groups is 1. The van der Waals surface area contributed by atoms with Crippen molar-refractivity contribution in [1.82, 2.24) is 9.71 Å². The second kappa shape index (κ2) is 9.16. The minimum Gasteiger partial charge on any atom is -0.598 e. The maximum Gasteiger partial charge on any atom is 0.307 e. The quantitative estimate of drug-likeness (QED) is 0.589. The summed E-state index contributed by atoms with van der Waals surface area (Å²) in [4.78, 5) is 16.3. The highest BCUT2D eigenvalue weighted by atomic mass is 32.2. The molecule has 1 aromatic heterocycles. The van der Waals surface area contributed by atoms with Crippen LogP contribution in [0.5, 0.6) is 0 Å². The van der Waals surface area contributed by atoms with Crippen molar-refractivity contribution in [3.05, 3.63) is 54.4 Å². The molecule has 0 saturated carbocycles. The second-order valence-electron chi connectivity index (χ2n) is 6.93. The third kappa shape index (κ3) is 5.83. The molecular weight excluding hydrogens is 348 g/mol. The summed E-state index contributed by atoms with van der Waals surface area (Å²) in [5.41, 5.74) is 2.78. The van der Waals surface area contributed by atoms with Crippen LogP contribution >= 0.6 is 0 Å². The number of hydrogen-bond donors (Lipinski definition) is 1. The molecule has 0 fully saturated rings. The Hall–Kier alpha value is -1.89. The Bertz CT molecular complexity index is 716. The van der Waals surface area contributed by atoms with Crippen molar-refractivity contribution in [3.8, 4) is 11.1 Å². The summed E-state index contributed by atoms with van der Waals surface area (Å²) in [6, 6.07) is 11.4. The minimum atomic E-state index is -1.32. The Labute approximate surface area is 158 Å². The van der Waals surface area contributed by atoms with Gasteiger partial charge in [0.25, 0.3) is 0 Å². The SMILES string of the molecule is CCOC(=O)CC(N[S+]([O-])C(C)(C)C)c1cncc(-c2ccccc2)c1. The van der Waals surface area contributed by atoms with E-state index in [1.807, 2.05) is 57.2 Å². The summed E-state index contributed by atoms with van der Waals surface area (Å²) < 4.78 is 20.3. The van der Waals surface area contributed by atoms with Crippen LogP contribution in [0.3, 0.4) is 0 Å². The predicted molar refractivity (Wildman–Crippen MR) is 105 cm³/mol. The number of nitrogens with zero attached hydrogens (tertiary/aromatic N) is 1. The van der Waals surface area contributed by atoms with Crippen LogP contribution < -0.4 is 4.72 Å². The van der Waals surface area contributed by atoms with E-state index in [2.05, 4.69) is 9.71 Å². The van der Waals surface area contributed by atoms with Crippen molar-refractivity contribution in [1.29, 1.82) is 0 Å². The van der Waals surface area contributed by atoms with Crippen molar-refractivity contribution in [2.75, 3.05) is 6.61 Å². The number of hydrogen-bond acceptors (Lipinski definition) is 5. The average molecular weight is 375 g/mol. The first-order valence-corrected chi connectivity index (χ1v) is 9.80. The monoisotopic (exact) mass is 374 g/mol. The number of benzene rings is 1. The summed E-state index contributed by atoms with van der Waals surface area (Å²) in [6.45, 7) is 7.74. The number of carbonyl (C=O) groups excluding carboxylic acids is 1. The Morgan fingerprint density at radius 2 is 1.92 bits per heavy atom. The first-order chi connectivity index (χ1) is 12.3. The average Bonchev–Trinajstić information content (AvgIpc) is 2.61. The zero-order valence-electron chi connectivity index (χ0n) is 15.7. The lowest BCUT2D eigenvalue weighted by molar-refractivity contribution is -0.143. The zero-order valence-corrected chi connectivity index (χ0v) is 16.5. The molecule has 1 aromatic carbocycles. The number of ether oxygens (including phenoxy) is 1. The lowest BCUT2D eigenvalue weighted by atomic mass is 10.0. The molecule has 2 atom stereocenters. The molecule has 0 bridgehead atoms. The van der Waals surface area contributed by atoms with Crippen LogP contribution in [0, 0.1) is 0 Å². The van der Waals surface area contributed by atoms with E-state index < -0.39 is 22.2 Å². The maximum absolute atomic E-state index is 12.6. The van der Waals surface area contributed by atoms with E-state index in [1.165, 1.54) is 0 Å². The van der Waals surface area contributed by atoms with Crippen LogP contribution in [0.1, 0.15) is 45.7 Å². The highest BCUT2D eigenvalue weighted by Crippen LogP contribution is 2.26. The number of nitrogens with one attached hydrogen (secondary N) is 1. The summed E-state index contributed by atoms with van der Waals surface area (Å²) in [6.07, 6.45) is 3.57. The molecule has 0 aliphatic heterocycles. The Morgan fingerprint density at radius 1 is 1.23 bits per heavy atom. The molecule has 0 aliphatic rings. The van der Waals surface area contributed by atoms with Crippen molar-refractivity contribution < 1.29 is 14.1 Å². The topological polar surface area (TPSA) is 74.3 Å². The number of pyridine rings is 1. The lowest BCUT2D eigenvalue weighted by Gasteiger charge is -2.27. The lowest BCUT2D eigenvalue weighted by Crippen LogP contribution is -2.42. The van der Waals surface area contributed by atoms with E-state index in [1.54, 1.807) is 19.3 Å². The van der Waals surface area contributed by atoms with Gasteiger partial charge in [-0.2, -0.15) is 0 Å². The minimum absolute atomic E-state index is 0.0928. The van der Waals surface area contributed by atoms with Gasteiger partial charge in [0, 0.05) is 29.3 Å². The molecule has 0 radical (unpaired) electrons. The van der Waals surface area contributed by atoms with Gasteiger partial charge in [-0.1, -0.05) is 30.3 Å². The van der Waals surface area contributed by atoms with E-state index in [0.29, 0.717) is 6.61 Å². The van der Waals surface area contributed by atoms with E-state index in [-0.39, 0.29) is 12.4 Å². The fraction of sp³-hybridized carbons (Fsp3) is 0.400. The van der Waals surface area contributed by atoms with Crippen molar-refractivity contribution >= 4 is 17.3 Å². The summed E-state index contributed by atoms with van der Waals surface area (Å²) >= 11 is -1.32. The Kier molecular flexibility index (Phi) is 7.20. The van der Waals surface area contributed by atoms with Crippen molar-refractivity contribution in [2.45, 2.75) is 44.9 Å². The van der Waals surface area contributed by atoms with Gasteiger partial charge in [0.15, 0.2) is 0 Å². The van der Waals surface area contributed by atoms with Gasteiger partial charge < -0.3 is 9.29 Å². The van der Waals surface area contributed by atoms with E-state index in [9.17, 15) is 9.35 Å². The van der Waals surface area contributed by atoms with Gasteiger partial charge in [-0.05, 0) is 44.9 Å². The second-order valence-corrected chi connectivity index (χ2v) is 8.93. The molecule has 0 saturated heterocycles. The van der Waals surface area contributed by atoms with Crippen LogP contribution in [0.25, 0.3) is 11.1 Å². The van der Waals surface area contributed by atoms with Crippen molar-refractivity contribution in [3.63, 3.8) is 0 Å². The van der Waals surface area contributed by atoms with Gasteiger partial charge >= 0.3 is 5.97 Å². The van der Waals surface area contributed by atoms with Crippen LogP contribution in [-0.2, 0) is 20.9 Å². The number of esters is 1. The van der Waals surface area contributed by atoms with E-state index in [0.717, 1.165) is 16.7 Å². The molecule has 0 amide bonds. The molecule has 0 spiro atoms.